The molecule has 0 atom stereocenters. The second-order valence-corrected chi connectivity index (χ2v) is 4.89. The van der Waals surface area contributed by atoms with Crippen LogP contribution >= 0.6 is 0 Å². The molecule has 1 aromatic rings. The van der Waals surface area contributed by atoms with E-state index in [4.69, 9.17) is 14.2 Å². The van der Waals surface area contributed by atoms with Crippen molar-refractivity contribution in [1.29, 1.82) is 0 Å². The highest BCUT2D eigenvalue weighted by molar-refractivity contribution is 5.93. The number of benzene rings is 1. The van der Waals surface area contributed by atoms with E-state index in [0.717, 1.165) is 55.7 Å². The van der Waals surface area contributed by atoms with Gasteiger partial charge in [-0.15, -0.1) is 0 Å². The first kappa shape index (κ1) is 16.4. The Balaban J connectivity index is 1.87. The lowest BCUT2D eigenvalue weighted by molar-refractivity contribution is 0.146. The minimum atomic E-state index is 0.681. The number of ether oxygens (including phenoxy) is 3. The van der Waals surface area contributed by atoms with Crippen LogP contribution in [0.2, 0.25) is 0 Å². The van der Waals surface area contributed by atoms with Crippen molar-refractivity contribution in [1.82, 2.24) is 5.32 Å². The lowest BCUT2D eigenvalue weighted by atomic mass is 10.3. The average molecular weight is 307 g/mol. The van der Waals surface area contributed by atoms with Gasteiger partial charge in [-0.05, 0) is 25.5 Å². The molecule has 0 spiro atoms. The smallest absolute Gasteiger partial charge is 0.195 e. The van der Waals surface area contributed by atoms with Crippen molar-refractivity contribution in [3.05, 3.63) is 18.2 Å². The molecule has 6 nitrogen and oxygen atoms in total. The van der Waals surface area contributed by atoms with Crippen LogP contribution in [0.25, 0.3) is 0 Å². The Morgan fingerprint density at radius 1 is 1.27 bits per heavy atom. The first-order valence-corrected chi connectivity index (χ1v) is 7.78. The van der Waals surface area contributed by atoms with E-state index < -0.39 is 0 Å². The summed E-state index contributed by atoms with van der Waals surface area (Å²) in [5, 5.41) is 6.51. The summed E-state index contributed by atoms with van der Waals surface area (Å²) in [5.74, 6) is 2.29. The van der Waals surface area contributed by atoms with Crippen LogP contribution in [-0.4, -0.2) is 46.0 Å². The van der Waals surface area contributed by atoms with Crippen molar-refractivity contribution in [2.45, 2.75) is 19.8 Å². The number of rotatable bonds is 6. The van der Waals surface area contributed by atoms with E-state index in [1.807, 2.05) is 25.1 Å². The van der Waals surface area contributed by atoms with Crippen LogP contribution in [0.1, 0.15) is 19.8 Å². The van der Waals surface area contributed by atoms with Gasteiger partial charge >= 0.3 is 0 Å². The van der Waals surface area contributed by atoms with E-state index in [9.17, 15) is 0 Å². The highest BCUT2D eigenvalue weighted by Gasteiger charge is 2.11. The summed E-state index contributed by atoms with van der Waals surface area (Å²) in [6, 6.07) is 5.82. The molecule has 0 bridgehead atoms. The summed E-state index contributed by atoms with van der Waals surface area (Å²) in [4.78, 5) is 4.21. The summed E-state index contributed by atoms with van der Waals surface area (Å²) >= 11 is 0. The van der Waals surface area contributed by atoms with Gasteiger partial charge in [0.05, 0.1) is 13.2 Å². The van der Waals surface area contributed by atoms with Crippen LogP contribution in [0.15, 0.2) is 23.2 Å². The van der Waals surface area contributed by atoms with E-state index in [1.165, 1.54) is 0 Å². The molecular formula is C16H25N3O3. The molecule has 122 valence electrons. The molecule has 0 unspecified atom stereocenters. The average Bonchev–Trinajstić information content (AvgIpc) is 2.78. The molecular weight excluding hydrogens is 282 g/mol. The Morgan fingerprint density at radius 2 is 2.09 bits per heavy atom. The van der Waals surface area contributed by atoms with Crippen molar-refractivity contribution >= 4 is 11.6 Å². The topological polar surface area (TPSA) is 64.1 Å². The molecule has 0 saturated carbocycles. The fourth-order valence-electron chi connectivity index (χ4n) is 2.08. The van der Waals surface area contributed by atoms with Gasteiger partial charge in [0.25, 0.3) is 0 Å². The fraction of sp³-hybridized carbons (Fsp3) is 0.562. The van der Waals surface area contributed by atoms with E-state index in [-0.39, 0.29) is 0 Å². The second-order valence-electron chi connectivity index (χ2n) is 4.89. The maximum Gasteiger partial charge on any atom is 0.195 e. The van der Waals surface area contributed by atoms with Crippen LogP contribution in [0, 0.1) is 0 Å². The first-order chi connectivity index (χ1) is 10.8. The van der Waals surface area contributed by atoms with Crippen molar-refractivity contribution in [2.75, 3.05) is 45.3 Å². The highest BCUT2D eigenvalue weighted by atomic mass is 16.5. The standard InChI is InChI=1S/C16H25N3O3/c1-3-20-9-4-8-18-16(17-2)19-13-6-7-14-15(12-13)22-11-5-10-21-14/h6-7,12H,3-5,8-11H2,1-2H3,(H2,17,18,19). The van der Waals surface area contributed by atoms with Crippen molar-refractivity contribution < 1.29 is 14.2 Å². The monoisotopic (exact) mass is 307 g/mol. The minimum Gasteiger partial charge on any atom is -0.490 e. The van der Waals surface area contributed by atoms with Crippen LogP contribution in [0.4, 0.5) is 5.69 Å². The number of hydrogen-bond donors (Lipinski definition) is 2. The zero-order valence-corrected chi connectivity index (χ0v) is 13.4. The van der Waals surface area contributed by atoms with Gasteiger partial charge in [-0.1, -0.05) is 0 Å². The quantitative estimate of drug-likeness (QED) is 0.479. The lowest BCUT2D eigenvalue weighted by Gasteiger charge is -2.14. The van der Waals surface area contributed by atoms with E-state index >= 15 is 0 Å². The van der Waals surface area contributed by atoms with E-state index in [0.29, 0.717) is 13.2 Å². The van der Waals surface area contributed by atoms with Crippen LogP contribution < -0.4 is 20.1 Å². The van der Waals surface area contributed by atoms with Crippen LogP contribution in [0.3, 0.4) is 0 Å². The van der Waals surface area contributed by atoms with Gasteiger partial charge < -0.3 is 24.8 Å². The molecule has 0 saturated heterocycles. The first-order valence-electron chi connectivity index (χ1n) is 7.78. The Kier molecular flexibility index (Phi) is 6.83. The van der Waals surface area contributed by atoms with E-state index in [1.54, 1.807) is 7.05 Å². The summed E-state index contributed by atoms with van der Waals surface area (Å²) in [6.45, 7) is 5.70. The molecule has 0 radical (unpaired) electrons. The largest absolute Gasteiger partial charge is 0.490 e. The molecule has 2 N–H and O–H groups in total. The van der Waals surface area contributed by atoms with E-state index in [2.05, 4.69) is 15.6 Å². The molecule has 0 aromatic heterocycles. The van der Waals surface area contributed by atoms with Crippen molar-refractivity contribution in [3.8, 4) is 11.5 Å². The predicted octanol–water partition coefficient (Wildman–Crippen LogP) is 2.26. The summed E-state index contributed by atoms with van der Waals surface area (Å²) < 4.78 is 16.6. The Bertz CT molecular complexity index is 492. The molecule has 1 aliphatic heterocycles. The van der Waals surface area contributed by atoms with Gasteiger partial charge in [0.2, 0.25) is 0 Å². The fourth-order valence-corrected chi connectivity index (χ4v) is 2.08. The second kappa shape index (κ2) is 9.15. The van der Waals surface area contributed by atoms with Crippen molar-refractivity contribution in [3.63, 3.8) is 0 Å². The van der Waals surface area contributed by atoms with Gasteiger partial charge in [0.15, 0.2) is 17.5 Å². The lowest BCUT2D eigenvalue weighted by Crippen LogP contribution is -2.31. The third-order valence-corrected chi connectivity index (χ3v) is 3.20. The number of nitrogens with one attached hydrogen (secondary N) is 2. The minimum absolute atomic E-state index is 0.681. The number of guanidine groups is 1. The number of fused-ring (bicyclic) bond motifs is 1. The predicted molar refractivity (Wildman–Crippen MR) is 88.1 cm³/mol. The number of aliphatic imine (C=N–C) groups is 1. The zero-order chi connectivity index (χ0) is 15.6. The molecule has 1 aliphatic rings. The normalized spacial score (nSPS) is 14.4. The van der Waals surface area contributed by atoms with Gasteiger partial charge in [-0.3, -0.25) is 4.99 Å². The molecule has 0 amide bonds. The van der Waals surface area contributed by atoms with Gasteiger partial charge in [-0.25, -0.2) is 0 Å². The number of nitrogens with zero attached hydrogens (tertiary/aromatic N) is 1. The molecule has 1 aromatic carbocycles. The van der Waals surface area contributed by atoms with Crippen LogP contribution in [0.5, 0.6) is 11.5 Å². The van der Waals surface area contributed by atoms with Gasteiger partial charge in [0.1, 0.15) is 0 Å². The third kappa shape index (κ3) is 5.11. The van der Waals surface area contributed by atoms with Gasteiger partial charge in [0, 0.05) is 45.0 Å². The highest BCUT2D eigenvalue weighted by Crippen LogP contribution is 2.32. The summed E-state index contributed by atoms with van der Waals surface area (Å²) in [5.41, 5.74) is 0.919. The molecule has 6 heteroatoms. The Labute approximate surface area is 131 Å². The van der Waals surface area contributed by atoms with Crippen molar-refractivity contribution in [2.24, 2.45) is 4.99 Å². The zero-order valence-electron chi connectivity index (χ0n) is 13.4. The third-order valence-electron chi connectivity index (χ3n) is 3.20. The molecule has 2 rings (SSSR count). The number of anilines is 1. The molecule has 22 heavy (non-hydrogen) atoms. The SMILES string of the molecule is CCOCCCNC(=NC)Nc1ccc2c(c1)OCCCO2. The Hall–Kier alpha value is -1.95. The summed E-state index contributed by atoms with van der Waals surface area (Å²) in [7, 11) is 1.75. The maximum absolute atomic E-state index is 5.69. The molecule has 0 fully saturated rings. The number of hydrogen-bond acceptors (Lipinski definition) is 4. The molecule has 0 aliphatic carbocycles. The summed E-state index contributed by atoms with van der Waals surface area (Å²) in [6.07, 6.45) is 1.84. The molecule has 1 heterocycles. The Morgan fingerprint density at radius 3 is 2.86 bits per heavy atom. The van der Waals surface area contributed by atoms with Crippen LogP contribution in [-0.2, 0) is 4.74 Å². The van der Waals surface area contributed by atoms with Gasteiger partial charge in [-0.2, -0.15) is 0 Å². The maximum atomic E-state index is 5.69.